The van der Waals surface area contributed by atoms with Gasteiger partial charge in [-0.15, -0.1) is 0 Å². The minimum Gasteiger partial charge on any atom is -0.790 e. The molecule has 0 saturated carbocycles. The smallest absolute Gasteiger partial charge is 0.790 e. The molecule has 5 aliphatic heterocycles. The molecule has 0 radical (unpaired) electrons. The quantitative estimate of drug-likeness (QED) is 0.0153. The van der Waals surface area contributed by atoms with Gasteiger partial charge in [-0.2, -0.15) is 126 Å². The van der Waals surface area contributed by atoms with E-state index in [1.54, 1.807) is 0 Å². The fourth-order valence-corrected chi connectivity index (χ4v) is 17.5. The molecule has 0 unspecified atom stereocenters. The number of methoxy groups -OCH3 is 1. The van der Waals surface area contributed by atoms with Crippen LogP contribution in [0.2, 0.25) is 0 Å². The van der Waals surface area contributed by atoms with E-state index < -0.39 is 350 Å². The number of rotatable bonds is 46. The second-order valence-corrected chi connectivity index (χ2v) is 39.4. The van der Waals surface area contributed by atoms with Gasteiger partial charge in [0, 0.05) is 7.11 Å². The monoisotopic (exact) mass is 2170 g/mol. The standard InChI is InChI=1S/C31H55O74PS15.2Na/c1-80-27-22(20(100-116(62,63)64)16(99-115(59,60)61)11(86-27)6-85-110(44,45)46)94-30-25(104-120(74,75)76)19(14(97-113(53,54)55)10(90-30)5-84-109(41,42)43)92-28-23(102-118(68,69)70)17(12(95-111(47,48)49)8(88-28)3-82-107(35,36)37)91-29-24(103-119(71,72)73)18(13(96-112(50,51)52)9(89-29)4-83-108(38,39)40)93-31-26(105-121(77,78)79)21(101-117(65,66)67)15(98-114(56,57)58)7(87-31)2-81-106(32,33)34;;/h7-31H,2-6H2,1H3,(H2,32,33,34)(H,35,36,37)(H,38,39,40)(H,41,42,43)(H,44,45,46)(H,47,48,49)(H,50,51,52)(H,53,54,55)(H,56,57,58)(H,59,60,61)(H,62,63,64)(H,65,66,67)(H,68,69,70)(H,71,72,73)(H,74,75,76)(H,77,78,79);;/q;2*+1/p-2/t7-,8+,9-,10+,11-,12-,13-,14+,15-,16+,17-,18-,19-,20-,21-,22+,23+,24-,25+,26-,27+,28+,29-,30+,31-;;/m0../s1. The van der Waals surface area contributed by atoms with E-state index in [4.69, 9.17) is 47.4 Å². The maximum atomic E-state index is 13.3. The second-order valence-electron chi connectivity index (χ2n) is 22.3. The van der Waals surface area contributed by atoms with E-state index in [1.807, 2.05) is 0 Å². The van der Waals surface area contributed by atoms with Crippen molar-refractivity contribution in [2.45, 2.75) is 154 Å². The summed E-state index contributed by atoms with van der Waals surface area (Å²) in [5, 5.41) is 0. The van der Waals surface area contributed by atoms with Gasteiger partial charge in [-0.1, -0.05) is 0 Å². The van der Waals surface area contributed by atoms with Gasteiger partial charge in [0.1, 0.15) is 97.7 Å². The van der Waals surface area contributed by atoms with Crippen LogP contribution in [0.15, 0.2) is 0 Å². The first-order valence-corrected chi connectivity index (χ1v) is 50.5. The summed E-state index contributed by atoms with van der Waals surface area (Å²) in [5.74, 6) is 0. The molecule has 92 heteroatoms. The summed E-state index contributed by atoms with van der Waals surface area (Å²) in [6.45, 7) is -11.9. The molecule has 5 aliphatic rings. The van der Waals surface area contributed by atoms with Crippen molar-refractivity contribution in [2.75, 3.05) is 40.1 Å². The van der Waals surface area contributed by atoms with Crippen molar-refractivity contribution in [3.05, 3.63) is 0 Å². The summed E-state index contributed by atoms with van der Waals surface area (Å²) in [5.41, 5.74) is 0. The predicted molar refractivity (Wildman–Crippen MR) is 334 cm³/mol. The van der Waals surface area contributed by atoms with Gasteiger partial charge in [-0.25, -0.2) is 62.7 Å². The Morgan fingerprint density at radius 3 is 0.569 bits per heavy atom. The van der Waals surface area contributed by atoms with Crippen molar-refractivity contribution in [1.82, 2.24) is 0 Å². The van der Waals surface area contributed by atoms with Gasteiger partial charge >= 0.3 is 215 Å². The Morgan fingerprint density at radius 1 is 0.228 bits per heavy atom. The topological polar surface area (TPSA) is 1120 Å². The van der Waals surface area contributed by atoms with Crippen LogP contribution in [0.4, 0.5) is 0 Å². The van der Waals surface area contributed by atoms with Crippen molar-refractivity contribution in [2.24, 2.45) is 0 Å². The van der Waals surface area contributed by atoms with Crippen LogP contribution in [0.1, 0.15) is 0 Å². The first-order valence-electron chi connectivity index (χ1n) is 28.6. The summed E-state index contributed by atoms with van der Waals surface area (Å²) in [7, 11) is -106. The van der Waals surface area contributed by atoms with Crippen LogP contribution in [-0.4, -0.2) is 388 Å². The first-order chi connectivity index (χ1) is 53.8. The molecule has 0 aromatic heterocycles. The van der Waals surface area contributed by atoms with Gasteiger partial charge in [0.05, 0.1) is 40.9 Å². The van der Waals surface area contributed by atoms with Gasteiger partial charge in [0.25, 0.3) is 0 Å². The maximum absolute atomic E-state index is 13.3. The van der Waals surface area contributed by atoms with E-state index in [1.165, 1.54) is 0 Å². The molecule has 718 valence electrons. The average molecular weight is 2170 g/mol. The van der Waals surface area contributed by atoms with E-state index in [0.717, 1.165) is 0 Å². The molecule has 74 nitrogen and oxygen atoms in total. The van der Waals surface area contributed by atoms with Crippen molar-refractivity contribution in [3.8, 4) is 0 Å². The van der Waals surface area contributed by atoms with Crippen LogP contribution in [0.5, 0.6) is 0 Å². The van der Waals surface area contributed by atoms with E-state index in [-0.39, 0.29) is 59.1 Å². The Morgan fingerprint density at radius 2 is 0.382 bits per heavy atom. The van der Waals surface area contributed by atoms with E-state index in [9.17, 15) is 209 Å². The molecule has 123 heavy (non-hydrogen) atoms. The van der Waals surface area contributed by atoms with Crippen LogP contribution in [0.3, 0.4) is 0 Å². The van der Waals surface area contributed by atoms with Crippen LogP contribution in [-0.2, 0) is 275 Å². The maximum Gasteiger partial charge on any atom is 1.00 e. The number of ether oxygens (including phenoxy) is 10. The van der Waals surface area contributed by atoms with E-state index in [2.05, 4.69) is 67.3 Å². The van der Waals surface area contributed by atoms with Crippen LogP contribution < -0.4 is 68.9 Å². The Balaban J connectivity index is 0.0000195. The fourth-order valence-electron chi connectivity index (χ4n) is 10.5. The summed E-state index contributed by atoms with van der Waals surface area (Å²) in [6.07, 6.45) is -95.0. The molecule has 0 aromatic rings. The molecule has 5 rings (SSSR count). The van der Waals surface area contributed by atoms with Crippen molar-refractivity contribution < 1.29 is 383 Å². The summed E-state index contributed by atoms with van der Waals surface area (Å²) < 4.78 is 658. The zero-order chi connectivity index (χ0) is 93.4. The molecule has 0 bridgehead atoms. The minimum absolute atomic E-state index is 0. The molecule has 15 N–H and O–H groups in total. The molecule has 0 aromatic carbocycles. The zero-order valence-electron chi connectivity index (χ0n) is 58.3. The van der Waals surface area contributed by atoms with Crippen molar-refractivity contribution in [3.63, 3.8) is 0 Å². The number of phosphoric ester groups is 1. The SMILES string of the molecule is CO[C@@H]1O[C@@H](COS(=O)(=O)O)[C@@H](OS(=O)(=O)O)[C@H](OS(=O)(=O)O)[C@H]1O[C@H]1O[C@H](COS(=O)(=O)O)[C@@H](OS(=O)(=O)O)[C@H](O[C@H]2O[C@H](COS(=O)(=O)O)[C@H](OS(=O)(=O)O)[C@H](O[C@@H]3O[C@@H](COS(=O)(=O)O)[C@H](OS(=O)(=O)O)[C@H](O[C@@H]4O[C@@H](COP(=O)([O-])[O-])[C@H](OS(=O)(=O)O)[C@H](OS(=O)(=O)O)[C@@H]4OS(=O)(=O)O)[C@@H]3OS(=O)(=O)O)[C@H]2OS(=O)(=O)O)[C@H]1OS(=O)(=O)O.[Na+].[Na+]. The summed E-state index contributed by atoms with van der Waals surface area (Å²) in [6, 6.07) is 0. The molecule has 25 atom stereocenters. The number of hydrogen-bond acceptors (Lipinski definition) is 59. The van der Waals surface area contributed by atoms with Gasteiger partial charge < -0.3 is 66.2 Å². The average Bonchev–Trinajstić information content (AvgIpc) is 0.740. The molecule has 0 spiro atoms. The van der Waals surface area contributed by atoms with Gasteiger partial charge in [0.15, 0.2) is 55.9 Å². The third-order valence-corrected chi connectivity index (χ3v) is 21.2. The Kier molecular flexibility index (Phi) is 41.5. The molecule has 5 heterocycles. The van der Waals surface area contributed by atoms with Crippen molar-refractivity contribution >= 4 is 164 Å². The largest absolute Gasteiger partial charge is 1.00 e. The molecule has 0 aliphatic carbocycles. The van der Waals surface area contributed by atoms with Crippen LogP contribution in [0, 0.1) is 0 Å². The van der Waals surface area contributed by atoms with E-state index in [0.29, 0.717) is 7.11 Å². The third kappa shape index (κ3) is 42.5. The van der Waals surface area contributed by atoms with Gasteiger partial charge in [-0.05, 0) is 0 Å². The number of hydrogen-bond donors (Lipinski definition) is 15. The Labute approximate surface area is 733 Å². The first kappa shape index (κ1) is 117. The zero-order valence-corrected chi connectivity index (χ0v) is 75.5. The van der Waals surface area contributed by atoms with E-state index >= 15 is 0 Å². The molecular weight excluding hydrogens is 2110 g/mol. The summed E-state index contributed by atoms with van der Waals surface area (Å²) >= 11 is 0. The third-order valence-electron chi connectivity index (χ3n) is 13.8. The minimum atomic E-state index is -7.10. The molecule has 5 saturated heterocycles. The second kappa shape index (κ2) is 43.6. The number of phosphoric acid groups is 1. The molecule has 5 fully saturated rings. The normalized spacial score (nSPS) is 32.7. The van der Waals surface area contributed by atoms with Crippen molar-refractivity contribution in [1.29, 1.82) is 0 Å². The van der Waals surface area contributed by atoms with Crippen LogP contribution >= 0.6 is 7.82 Å². The molecular formula is C31H53Na2O74PS15. The summed E-state index contributed by atoms with van der Waals surface area (Å²) in [4.78, 5) is 23.6. The van der Waals surface area contributed by atoms with Gasteiger partial charge in [-0.3, -0.25) is 68.3 Å². The Hall–Kier alpha value is -0.240. The fraction of sp³-hybridized carbons (Fsp3) is 1.00. The predicted octanol–water partition coefficient (Wildman–Crippen LogP) is -21.0. The van der Waals surface area contributed by atoms with Gasteiger partial charge in [0.2, 0.25) is 0 Å². The van der Waals surface area contributed by atoms with Crippen LogP contribution in [0.25, 0.3) is 0 Å². The Bertz CT molecular complexity index is 5520. The molecule has 0 amide bonds.